The molecule has 0 amide bonds. The van der Waals surface area contributed by atoms with Crippen LogP contribution >= 0.6 is 0 Å². The van der Waals surface area contributed by atoms with Crippen molar-refractivity contribution in [3.63, 3.8) is 0 Å². The minimum Gasteiger partial charge on any atom is -0.244 e. The van der Waals surface area contributed by atoms with Crippen LogP contribution in [0.4, 0.5) is 0 Å². The van der Waals surface area contributed by atoms with E-state index in [4.69, 9.17) is 7.85 Å². The number of nitrogens with zero attached hydrogens (tertiary/aromatic N) is 3. The third kappa shape index (κ3) is 1.53. The molecule has 3 nitrogen and oxygen atoms in total. The van der Waals surface area contributed by atoms with E-state index in [9.17, 15) is 0 Å². The number of hydrogen-bond donors (Lipinski definition) is 0. The first kappa shape index (κ1) is 9.88. The lowest BCUT2D eigenvalue weighted by molar-refractivity contribution is 0.167. The Hall–Kier alpha value is -1.32. The average Bonchev–Trinajstić information content (AvgIpc) is 2.68. The van der Waals surface area contributed by atoms with Gasteiger partial charge in [0.05, 0.1) is 13.4 Å². The van der Waals surface area contributed by atoms with Gasteiger partial charge in [-0.3, -0.25) is 0 Å². The van der Waals surface area contributed by atoms with Crippen LogP contribution in [0.25, 0.3) is 11.0 Å². The minimum absolute atomic E-state index is 0.683. The molecule has 1 fully saturated rings. The molecular formula is C12H14BN3. The van der Waals surface area contributed by atoms with Crippen LogP contribution in [0.2, 0.25) is 6.32 Å². The van der Waals surface area contributed by atoms with Gasteiger partial charge in [0.25, 0.3) is 0 Å². The second-order valence-electron chi connectivity index (χ2n) is 4.59. The summed E-state index contributed by atoms with van der Waals surface area (Å²) < 4.78 is 2.02. The van der Waals surface area contributed by atoms with Gasteiger partial charge in [0, 0.05) is 6.54 Å². The largest absolute Gasteiger partial charge is 0.244 e. The highest BCUT2D eigenvalue weighted by Gasteiger charge is 2.29. The SMILES string of the molecule is [B]C[C@@H]1CC[C@@H]1Cn1nnc2ccccc21. The number of para-hydroxylation sites is 1. The second kappa shape index (κ2) is 3.93. The van der Waals surface area contributed by atoms with Crippen molar-refractivity contribution in [3.8, 4) is 0 Å². The summed E-state index contributed by atoms with van der Waals surface area (Å²) in [5.41, 5.74) is 2.11. The van der Waals surface area contributed by atoms with Gasteiger partial charge in [0.15, 0.2) is 0 Å². The molecule has 0 spiro atoms. The van der Waals surface area contributed by atoms with E-state index in [1.807, 2.05) is 22.9 Å². The van der Waals surface area contributed by atoms with E-state index in [0.29, 0.717) is 11.8 Å². The van der Waals surface area contributed by atoms with Crippen molar-refractivity contribution in [2.24, 2.45) is 11.8 Å². The zero-order chi connectivity index (χ0) is 11.0. The molecule has 1 saturated carbocycles. The van der Waals surface area contributed by atoms with E-state index >= 15 is 0 Å². The fourth-order valence-electron chi connectivity index (χ4n) is 2.46. The van der Waals surface area contributed by atoms with Crippen LogP contribution in [-0.2, 0) is 6.54 Å². The Kier molecular flexibility index (Phi) is 2.42. The Morgan fingerprint density at radius 2 is 2.06 bits per heavy atom. The summed E-state index contributed by atoms with van der Waals surface area (Å²) in [7, 11) is 5.72. The van der Waals surface area contributed by atoms with Gasteiger partial charge in [0.1, 0.15) is 5.52 Å². The summed E-state index contributed by atoms with van der Waals surface area (Å²) >= 11 is 0. The van der Waals surface area contributed by atoms with Crippen LogP contribution in [0.1, 0.15) is 12.8 Å². The fraction of sp³-hybridized carbons (Fsp3) is 0.500. The van der Waals surface area contributed by atoms with Crippen molar-refractivity contribution >= 4 is 18.9 Å². The van der Waals surface area contributed by atoms with Crippen LogP contribution < -0.4 is 0 Å². The van der Waals surface area contributed by atoms with Crippen LogP contribution in [0, 0.1) is 11.8 Å². The molecule has 80 valence electrons. The van der Waals surface area contributed by atoms with E-state index in [-0.39, 0.29) is 0 Å². The number of rotatable bonds is 3. The molecule has 1 aliphatic carbocycles. The molecule has 3 rings (SSSR count). The lowest BCUT2D eigenvalue weighted by atomic mass is 9.68. The molecule has 0 aliphatic heterocycles. The molecule has 2 atom stereocenters. The topological polar surface area (TPSA) is 30.7 Å². The Balaban J connectivity index is 1.84. The van der Waals surface area contributed by atoms with Gasteiger partial charge in [0.2, 0.25) is 0 Å². The van der Waals surface area contributed by atoms with Crippen molar-refractivity contribution in [1.29, 1.82) is 0 Å². The molecule has 2 aromatic rings. The van der Waals surface area contributed by atoms with Gasteiger partial charge < -0.3 is 0 Å². The van der Waals surface area contributed by atoms with Gasteiger partial charge in [-0.05, 0) is 30.4 Å². The fourth-order valence-corrected chi connectivity index (χ4v) is 2.46. The van der Waals surface area contributed by atoms with E-state index in [1.165, 1.54) is 12.8 Å². The standard InChI is InChI=1S/C12H14BN3/c13-7-9-5-6-10(9)8-16-12-4-2-1-3-11(12)14-15-16/h1-4,9-10H,5-8H2/t9-,10+/m0/s1. The maximum Gasteiger partial charge on any atom is 0.113 e. The van der Waals surface area contributed by atoms with Crippen molar-refractivity contribution < 1.29 is 0 Å². The number of benzene rings is 1. The van der Waals surface area contributed by atoms with Crippen molar-refractivity contribution in [2.45, 2.75) is 25.7 Å². The zero-order valence-corrected chi connectivity index (χ0v) is 9.21. The molecule has 2 radical (unpaired) electrons. The molecule has 1 aromatic heterocycles. The van der Waals surface area contributed by atoms with E-state index < -0.39 is 0 Å². The molecule has 1 aliphatic rings. The lowest BCUT2D eigenvalue weighted by Crippen LogP contribution is -2.29. The first-order chi connectivity index (χ1) is 7.88. The molecule has 0 N–H and O–H groups in total. The maximum atomic E-state index is 5.72. The smallest absolute Gasteiger partial charge is 0.113 e. The minimum atomic E-state index is 0.683. The predicted molar refractivity (Wildman–Crippen MR) is 64.3 cm³/mol. The maximum absolute atomic E-state index is 5.72. The van der Waals surface area contributed by atoms with Crippen LogP contribution in [0.5, 0.6) is 0 Å². The summed E-state index contributed by atoms with van der Waals surface area (Å²) in [6.07, 6.45) is 3.35. The van der Waals surface area contributed by atoms with E-state index in [2.05, 4.69) is 16.4 Å². The van der Waals surface area contributed by atoms with Crippen molar-refractivity contribution in [2.75, 3.05) is 0 Å². The highest BCUT2D eigenvalue weighted by Crippen LogP contribution is 2.37. The first-order valence-corrected chi connectivity index (χ1v) is 5.87. The molecule has 0 bridgehead atoms. The zero-order valence-electron chi connectivity index (χ0n) is 9.21. The van der Waals surface area contributed by atoms with Crippen LogP contribution in [-0.4, -0.2) is 22.8 Å². The molecule has 0 saturated heterocycles. The first-order valence-electron chi connectivity index (χ1n) is 5.87. The summed E-state index contributed by atoms with van der Waals surface area (Å²) in [6, 6.07) is 8.10. The van der Waals surface area contributed by atoms with E-state index in [1.54, 1.807) is 0 Å². The van der Waals surface area contributed by atoms with Gasteiger partial charge in [-0.25, -0.2) is 4.68 Å². The Labute approximate surface area is 96.2 Å². The summed E-state index contributed by atoms with van der Waals surface area (Å²) in [6.45, 7) is 0.961. The summed E-state index contributed by atoms with van der Waals surface area (Å²) in [5, 5.41) is 8.37. The molecule has 16 heavy (non-hydrogen) atoms. The Bertz CT molecular complexity index is 492. The second-order valence-corrected chi connectivity index (χ2v) is 4.59. The van der Waals surface area contributed by atoms with Gasteiger partial charge in [-0.1, -0.05) is 30.1 Å². The Morgan fingerprint density at radius 1 is 1.25 bits per heavy atom. The number of fused-ring (bicyclic) bond motifs is 1. The molecular weight excluding hydrogens is 197 g/mol. The van der Waals surface area contributed by atoms with Crippen molar-refractivity contribution in [3.05, 3.63) is 24.3 Å². The van der Waals surface area contributed by atoms with Gasteiger partial charge in [-0.2, -0.15) is 0 Å². The van der Waals surface area contributed by atoms with E-state index in [0.717, 1.165) is 23.9 Å². The Morgan fingerprint density at radius 3 is 2.81 bits per heavy atom. The highest BCUT2D eigenvalue weighted by molar-refractivity contribution is 6.08. The molecule has 4 heteroatoms. The predicted octanol–water partition coefficient (Wildman–Crippen LogP) is 2.04. The monoisotopic (exact) mass is 211 g/mol. The average molecular weight is 211 g/mol. The van der Waals surface area contributed by atoms with Crippen LogP contribution in [0.3, 0.4) is 0 Å². The molecule has 1 heterocycles. The summed E-state index contributed by atoms with van der Waals surface area (Å²) in [5.74, 6) is 1.37. The third-order valence-corrected chi connectivity index (χ3v) is 3.71. The quantitative estimate of drug-likeness (QED) is 0.727. The lowest BCUT2D eigenvalue weighted by Gasteiger charge is -2.36. The molecule has 0 unspecified atom stereocenters. The highest BCUT2D eigenvalue weighted by atomic mass is 15.4. The van der Waals surface area contributed by atoms with Gasteiger partial charge in [-0.15, -0.1) is 5.10 Å². The third-order valence-electron chi connectivity index (χ3n) is 3.71. The molecule has 1 aromatic carbocycles. The normalized spacial score (nSPS) is 24.5. The number of hydrogen-bond acceptors (Lipinski definition) is 2. The number of aromatic nitrogens is 3. The summed E-state index contributed by atoms with van der Waals surface area (Å²) in [4.78, 5) is 0. The van der Waals surface area contributed by atoms with Crippen molar-refractivity contribution in [1.82, 2.24) is 15.0 Å². The van der Waals surface area contributed by atoms with Crippen LogP contribution in [0.15, 0.2) is 24.3 Å². The van der Waals surface area contributed by atoms with Gasteiger partial charge >= 0.3 is 0 Å².